The van der Waals surface area contributed by atoms with E-state index in [1.165, 1.54) is 5.56 Å². The van der Waals surface area contributed by atoms with Gasteiger partial charge in [-0.15, -0.1) is 0 Å². The lowest BCUT2D eigenvalue weighted by Gasteiger charge is -2.41. The largest absolute Gasteiger partial charge is 0.472 e. The third-order valence-electron chi connectivity index (χ3n) is 5.28. The summed E-state index contributed by atoms with van der Waals surface area (Å²) in [5, 5.41) is 0. The second kappa shape index (κ2) is 6.51. The van der Waals surface area contributed by atoms with Gasteiger partial charge in [0, 0.05) is 50.8 Å². The molecule has 5 nitrogen and oxygen atoms in total. The maximum absolute atomic E-state index is 5.78. The van der Waals surface area contributed by atoms with Crippen LogP contribution < -0.4 is 0 Å². The Morgan fingerprint density at radius 2 is 2.17 bits per heavy atom. The molecule has 0 unspecified atom stereocenters. The maximum Gasteiger partial charge on any atom is 0.117 e. The molecule has 124 valence electrons. The van der Waals surface area contributed by atoms with Gasteiger partial charge in [-0.05, 0) is 24.6 Å². The molecule has 0 aliphatic carbocycles. The van der Waals surface area contributed by atoms with Crippen LogP contribution in [0.1, 0.15) is 17.7 Å². The van der Waals surface area contributed by atoms with Gasteiger partial charge in [0.05, 0.1) is 31.4 Å². The van der Waals surface area contributed by atoms with Crippen molar-refractivity contribution in [2.75, 3.05) is 26.7 Å². The van der Waals surface area contributed by atoms with Gasteiger partial charge in [-0.3, -0.25) is 9.80 Å². The van der Waals surface area contributed by atoms with E-state index in [1.54, 1.807) is 12.5 Å². The zero-order valence-corrected chi connectivity index (χ0v) is 13.6. The first kappa shape index (κ1) is 15.0. The van der Waals surface area contributed by atoms with Gasteiger partial charge < -0.3 is 13.6 Å². The van der Waals surface area contributed by atoms with Gasteiger partial charge in [0.25, 0.3) is 0 Å². The van der Waals surface area contributed by atoms with E-state index in [0.717, 1.165) is 44.9 Å². The minimum Gasteiger partial charge on any atom is -0.472 e. The minimum absolute atomic E-state index is 0.363. The molecule has 3 atom stereocenters. The SMILES string of the molecule is CO[C@@H]1CCN(Cc2ccoc2)[C@@H]2CN(Cc3ccco3)C[C@@H]21. The highest BCUT2D eigenvalue weighted by Gasteiger charge is 2.44. The predicted octanol–water partition coefficient (Wildman–Crippen LogP) is 2.59. The molecular weight excluding hydrogens is 292 g/mol. The molecule has 2 saturated heterocycles. The summed E-state index contributed by atoms with van der Waals surface area (Å²) in [5.41, 5.74) is 1.25. The predicted molar refractivity (Wildman–Crippen MR) is 85.8 cm³/mol. The highest BCUT2D eigenvalue weighted by Crippen LogP contribution is 2.34. The van der Waals surface area contributed by atoms with Crippen LogP contribution in [-0.2, 0) is 17.8 Å². The molecule has 0 bridgehead atoms. The molecule has 0 N–H and O–H groups in total. The Hall–Kier alpha value is -1.56. The first-order chi connectivity index (χ1) is 11.3. The van der Waals surface area contributed by atoms with E-state index >= 15 is 0 Å². The van der Waals surface area contributed by atoms with Gasteiger partial charge in [0.15, 0.2) is 0 Å². The number of fused-ring (bicyclic) bond motifs is 1. The summed E-state index contributed by atoms with van der Waals surface area (Å²) in [4.78, 5) is 5.08. The zero-order chi connectivity index (χ0) is 15.6. The molecule has 0 saturated carbocycles. The average molecular weight is 316 g/mol. The van der Waals surface area contributed by atoms with Gasteiger partial charge in [-0.25, -0.2) is 0 Å². The number of hydrogen-bond donors (Lipinski definition) is 0. The van der Waals surface area contributed by atoms with E-state index in [2.05, 4.69) is 21.9 Å². The van der Waals surface area contributed by atoms with Crippen molar-refractivity contribution in [3.05, 3.63) is 48.3 Å². The first-order valence-corrected chi connectivity index (χ1v) is 8.36. The molecule has 0 spiro atoms. The number of rotatable bonds is 5. The molecule has 2 aliphatic rings. The molecule has 23 heavy (non-hydrogen) atoms. The van der Waals surface area contributed by atoms with Crippen LogP contribution >= 0.6 is 0 Å². The van der Waals surface area contributed by atoms with E-state index in [-0.39, 0.29) is 0 Å². The Morgan fingerprint density at radius 3 is 2.91 bits per heavy atom. The fraction of sp³-hybridized carbons (Fsp3) is 0.556. The molecule has 5 heteroatoms. The van der Waals surface area contributed by atoms with Crippen LogP contribution in [0.2, 0.25) is 0 Å². The van der Waals surface area contributed by atoms with Gasteiger partial charge in [-0.2, -0.15) is 0 Å². The fourth-order valence-corrected chi connectivity index (χ4v) is 4.18. The van der Waals surface area contributed by atoms with Gasteiger partial charge >= 0.3 is 0 Å². The van der Waals surface area contributed by atoms with E-state index in [1.807, 2.05) is 19.4 Å². The van der Waals surface area contributed by atoms with Crippen molar-refractivity contribution in [3.8, 4) is 0 Å². The smallest absolute Gasteiger partial charge is 0.117 e. The molecule has 0 radical (unpaired) electrons. The highest BCUT2D eigenvalue weighted by molar-refractivity contribution is 5.08. The number of piperidine rings is 1. The van der Waals surface area contributed by atoms with Crippen molar-refractivity contribution >= 4 is 0 Å². The lowest BCUT2D eigenvalue weighted by atomic mass is 9.89. The van der Waals surface area contributed by atoms with Crippen LogP contribution in [0.4, 0.5) is 0 Å². The second-order valence-electron chi connectivity index (χ2n) is 6.67. The molecule has 4 rings (SSSR count). The lowest BCUT2D eigenvalue weighted by molar-refractivity contribution is -0.0245. The first-order valence-electron chi connectivity index (χ1n) is 8.36. The number of nitrogens with zero attached hydrogens (tertiary/aromatic N) is 2. The van der Waals surface area contributed by atoms with Crippen molar-refractivity contribution in [2.45, 2.75) is 31.7 Å². The zero-order valence-electron chi connectivity index (χ0n) is 13.6. The van der Waals surface area contributed by atoms with Crippen molar-refractivity contribution in [1.82, 2.24) is 9.80 Å². The van der Waals surface area contributed by atoms with Gasteiger partial charge in [0.1, 0.15) is 5.76 Å². The number of hydrogen-bond acceptors (Lipinski definition) is 5. The topological polar surface area (TPSA) is 42.0 Å². The molecule has 2 aliphatic heterocycles. The number of ether oxygens (including phenoxy) is 1. The van der Waals surface area contributed by atoms with Crippen molar-refractivity contribution in [2.24, 2.45) is 5.92 Å². The van der Waals surface area contributed by atoms with Crippen molar-refractivity contribution < 1.29 is 13.6 Å². The molecule has 0 amide bonds. The fourth-order valence-electron chi connectivity index (χ4n) is 4.18. The summed E-state index contributed by atoms with van der Waals surface area (Å²) in [6.45, 7) is 5.08. The number of methoxy groups -OCH3 is 1. The third-order valence-corrected chi connectivity index (χ3v) is 5.28. The third kappa shape index (κ3) is 3.09. The highest BCUT2D eigenvalue weighted by atomic mass is 16.5. The van der Waals surface area contributed by atoms with Crippen LogP contribution in [0.5, 0.6) is 0 Å². The monoisotopic (exact) mass is 316 g/mol. The summed E-state index contributed by atoms with van der Waals surface area (Å²) in [5.74, 6) is 1.61. The van der Waals surface area contributed by atoms with E-state index in [4.69, 9.17) is 13.6 Å². The Kier molecular flexibility index (Phi) is 4.25. The van der Waals surface area contributed by atoms with Crippen LogP contribution in [0, 0.1) is 5.92 Å². The number of likely N-dealkylation sites (tertiary alicyclic amines) is 2. The van der Waals surface area contributed by atoms with E-state index in [9.17, 15) is 0 Å². The van der Waals surface area contributed by atoms with Gasteiger partial charge in [-0.1, -0.05) is 0 Å². The van der Waals surface area contributed by atoms with Gasteiger partial charge in [0.2, 0.25) is 0 Å². The summed E-state index contributed by atoms with van der Waals surface area (Å²) in [6, 6.07) is 6.62. The molecule has 2 aromatic heterocycles. The summed E-state index contributed by atoms with van der Waals surface area (Å²) >= 11 is 0. The molecule has 0 aromatic carbocycles. The Bertz CT molecular complexity index is 596. The standard InChI is InChI=1S/C18H24N2O3/c1-21-18-4-6-20(9-14-5-8-22-13-14)17-12-19(11-16(17)18)10-15-3-2-7-23-15/h2-3,5,7-8,13,16-18H,4,6,9-12H2,1H3/t16-,17+,18+/m0/s1. The van der Waals surface area contributed by atoms with Crippen molar-refractivity contribution in [1.29, 1.82) is 0 Å². The van der Waals surface area contributed by atoms with E-state index < -0.39 is 0 Å². The maximum atomic E-state index is 5.78. The second-order valence-corrected chi connectivity index (χ2v) is 6.67. The van der Waals surface area contributed by atoms with Crippen LogP contribution in [0.3, 0.4) is 0 Å². The number of furan rings is 2. The minimum atomic E-state index is 0.363. The summed E-state index contributed by atoms with van der Waals surface area (Å²) in [6.07, 6.45) is 6.83. The lowest BCUT2D eigenvalue weighted by Crippen LogP contribution is -2.50. The normalized spacial score (nSPS) is 29.0. The Morgan fingerprint density at radius 1 is 1.22 bits per heavy atom. The van der Waals surface area contributed by atoms with Crippen LogP contribution in [0.25, 0.3) is 0 Å². The van der Waals surface area contributed by atoms with Crippen LogP contribution in [-0.4, -0.2) is 48.7 Å². The Labute approximate surface area is 136 Å². The Balaban J connectivity index is 1.47. The molecule has 2 aromatic rings. The van der Waals surface area contributed by atoms with Crippen molar-refractivity contribution in [3.63, 3.8) is 0 Å². The van der Waals surface area contributed by atoms with Crippen LogP contribution in [0.15, 0.2) is 45.8 Å². The molecular formula is C18H24N2O3. The molecule has 2 fully saturated rings. The average Bonchev–Trinajstić information content (AvgIpc) is 3.29. The quantitative estimate of drug-likeness (QED) is 0.848. The van der Waals surface area contributed by atoms with E-state index in [0.29, 0.717) is 18.1 Å². The summed E-state index contributed by atoms with van der Waals surface area (Å²) < 4.78 is 16.5. The summed E-state index contributed by atoms with van der Waals surface area (Å²) in [7, 11) is 1.85. The molecule has 4 heterocycles.